The Balaban J connectivity index is 2.23. The summed E-state index contributed by atoms with van der Waals surface area (Å²) in [6.45, 7) is 6.56. The zero-order chi connectivity index (χ0) is 10.2. The summed E-state index contributed by atoms with van der Waals surface area (Å²) in [7, 11) is 0. The fourth-order valence-corrected chi connectivity index (χ4v) is 2.28. The SMILES string of the molecule is C=CCNCC(=O)N1CCCSCC1. The lowest BCUT2D eigenvalue weighted by Crippen LogP contribution is -2.39. The van der Waals surface area contributed by atoms with Crippen LogP contribution in [0.5, 0.6) is 0 Å². The average Bonchev–Trinajstić information content (AvgIpc) is 2.46. The molecule has 0 unspecified atom stereocenters. The van der Waals surface area contributed by atoms with E-state index in [0.29, 0.717) is 13.1 Å². The summed E-state index contributed by atoms with van der Waals surface area (Å²) < 4.78 is 0. The first kappa shape index (κ1) is 11.6. The van der Waals surface area contributed by atoms with Crippen LogP contribution in [-0.4, -0.2) is 48.5 Å². The molecule has 1 N–H and O–H groups in total. The van der Waals surface area contributed by atoms with Crippen LogP contribution < -0.4 is 5.32 Å². The molecule has 1 fully saturated rings. The Morgan fingerprint density at radius 3 is 3.14 bits per heavy atom. The van der Waals surface area contributed by atoms with Gasteiger partial charge in [0.1, 0.15) is 0 Å². The molecule has 1 saturated heterocycles. The number of carbonyl (C=O) groups is 1. The van der Waals surface area contributed by atoms with Gasteiger partial charge in [0, 0.05) is 25.4 Å². The molecule has 0 aliphatic carbocycles. The third-order valence-electron chi connectivity index (χ3n) is 2.14. The minimum Gasteiger partial charge on any atom is -0.341 e. The van der Waals surface area contributed by atoms with E-state index in [1.165, 1.54) is 5.75 Å². The van der Waals surface area contributed by atoms with E-state index in [4.69, 9.17) is 0 Å². The second-order valence-corrected chi connectivity index (χ2v) is 4.49. The highest BCUT2D eigenvalue weighted by molar-refractivity contribution is 7.99. The summed E-state index contributed by atoms with van der Waals surface area (Å²) in [5.41, 5.74) is 0. The van der Waals surface area contributed by atoms with Gasteiger partial charge < -0.3 is 10.2 Å². The van der Waals surface area contributed by atoms with E-state index in [-0.39, 0.29) is 5.91 Å². The predicted octanol–water partition coefficient (Wildman–Crippen LogP) is 0.727. The van der Waals surface area contributed by atoms with Crippen LogP contribution >= 0.6 is 11.8 Å². The van der Waals surface area contributed by atoms with Gasteiger partial charge in [-0.2, -0.15) is 11.8 Å². The summed E-state index contributed by atoms with van der Waals surface area (Å²) in [4.78, 5) is 13.6. The lowest BCUT2D eigenvalue weighted by molar-refractivity contribution is -0.129. The van der Waals surface area contributed by atoms with Gasteiger partial charge in [-0.15, -0.1) is 6.58 Å². The van der Waals surface area contributed by atoms with Crippen molar-refractivity contribution in [2.24, 2.45) is 0 Å². The Hall–Kier alpha value is -0.480. The van der Waals surface area contributed by atoms with Crippen LogP contribution in [0.25, 0.3) is 0 Å². The summed E-state index contributed by atoms with van der Waals surface area (Å²) in [6, 6.07) is 0. The van der Waals surface area contributed by atoms with Gasteiger partial charge in [0.05, 0.1) is 6.54 Å². The summed E-state index contributed by atoms with van der Waals surface area (Å²) in [6.07, 6.45) is 2.89. The van der Waals surface area contributed by atoms with E-state index in [9.17, 15) is 4.79 Å². The highest BCUT2D eigenvalue weighted by Gasteiger charge is 2.14. The van der Waals surface area contributed by atoms with E-state index in [1.54, 1.807) is 6.08 Å². The second-order valence-electron chi connectivity index (χ2n) is 3.27. The molecule has 0 bridgehead atoms. The Morgan fingerprint density at radius 2 is 2.36 bits per heavy atom. The Kier molecular flexibility index (Phi) is 5.71. The number of carbonyl (C=O) groups excluding carboxylic acids is 1. The topological polar surface area (TPSA) is 32.3 Å². The van der Waals surface area contributed by atoms with Crippen molar-refractivity contribution in [3.8, 4) is 0 Å². The highest BCUT2D eigenvalue weighted by Crippen LogP contribution is 2.09. The fraction of sp³-hybridized carbons (Fsp3) is 0.700. The highest BCUT2D eigenvalue weighted by atomic mass is 32.2. The Morgan fingerprint density at radius 1 is 1.50 bits per heavy atom. The van der Waals surface area contributed by atoms with Crippen LogP contribution in [0.2, 0.25) is 0 Å². The molecule has 0 spiro atoms. The first-order valence-electron chi connectivity index (χ1n) is 5.01. The third-order valence-corrected chi connectivity index (χ3v) is 3.19. The first-order valence-corrected chi connectivity index (χ1v) is 6.17. The molecule has 1 amide bonds. The maximum Gasteiger partial charge on any atom is 0.236 e. The van der Waals surface area contributed by atoms with E-state index in [0.717, 1.165) is 25.3 Å². The molecule has 0 atom stereocenters. The molecule has 1 heterocycles. The number of nitrogens with zero attached hydrogens (tertiary/aromatic N) is 1. The zero-order valence-electron chi connectivity index (χ0n) is 8.50. The van der Waals surface area contributed by atoms with Gasteiger partial charge >= 0.3 is 0 Å². The molecule has 0 saturated carbocycles. The molecule has 0 aromatic rings. The lowest BCUT2D eigenvalue weighted by Gasteiger charge is -2.19. The molecular weight excluding hydrogens is 196 g/mol. The molecule has 0 aromatic carbocycles. The van der Waals surface area contributed by atoms with Crippen molar-refractivity contribution in [2.45, 2.75) is 6.42 Å². The first-order chi connectivity index (χ1) is 6.84. The molecule has 80 valence electrons. The number of rotatable bonds is 4. The number of hydrogen-bond acceptors (Lipinski definition) is 3. The number of nitrogens with one attached hydrogen (secondary N) is 1. The van der Waals surface area contributed by atoms with Crippen molar-refractivity contribution in [3.63, 3.8) is 0 Å². The maximum atomic E-state index is 11.6. The molecule has 3 nitrogen and oxygen atoms in total. The van der Waals surface area contributed by atoms with Crippen molar-refractivity contribution in [3.05, 3.63) is 12.7 Å². The van der Waals surface area contributed by atoms with Crippen LogP contribution in [0, 0.1) is 0 Å². The normalized spacial score (nSPS) is 17.6. The van der Waals surface area contributed by atoms with Crippen LogP contribution in [0.1, 0.15) is 6.42 Å². The van der Waals surface area contributed by atoms with E-state index >= 15 is 0 Å². The molecular formula is C10H18N2OS. The molecule has 0 aromatic heterocycles. The summed E-state index contributed by atoms with van der Waals surface area (Å²) >= 11 is 1.93. The van der Waals surface area contributed by atoms with Crippen LogP contribution in [0.4, 0.5) is 0 Å². The van der Waals surface area contributed by atoms with E-state index in [2.05, 4.69) is 11.9 Å². The summed E-state index contributed by atoms with van der Waals surface area (Å²) in [5.74, 6) is 2.48. The van der Waals surface area contributed by atoms with Crippen molar-refractivity contribution in [2.75, 3.05) is 37.7 Å². The second kappa shape index (κ2) is 6.90. The minimum absolute atomic E-state index is 0.217. The van der Waals surface area contributed by atoms with Crippen molar-refractivity contribution < 1.29 is 4.79 Å². The van der Waals surface area contributed by atoms with Crippen LogP contribution in [-0.2, 0) is 4.79 Å². The Labute approximate surface area is 89.9 Å². The van der Waals surface area contributed by atoms with Crippen molar-refractivity contribution in [1.82, 2.24) is 10.2 Å². The van der Waals surface area contributed by atoms with Gasteiger partial charge in [-0.1, -0.05) is 6.08 Å². The largest absolute Gasteiger partial charge is 0.341 e. The number of thioether (sulfide) groups is 1. The molecule has 1 aliphatic rings. The monoisotopic (exact) mass is 214 g/mol. The quantitative estimate of drug-likeness (QED) is 0.553. The third kappa shape index (κ3) is 4.15. The molecule has 4 heteroatoms. The molecule has 14 heavy (non-hydrogen) atoms. The number of amides is 1. The molecule has 1 aliphatic heterocycles. The van der Waals surface area contributed by atoms with Crippen molar-refractivity contribution in [1.29, 1.82) is 0 Å². The smallest absolute Gasteiger partial charge is 0.236 e. The van der Waals surface area contributed by atoms with Gasteiger partial charge in [0.2, 0.25) is 5.91 Å². The van der Waals surface area contributed by atoms with E-state index in [1.807, 2.05) is 16.7 Å². The average molecular weight is 214 g/mol. The van der Waals surface area contributed by atoms with Gasteiger partial charge in [0.25, 0.3) is 0 Å². The van der Waals surface area contributed by atoms with Crippen LogP contribution in [0.15, 0.2) is 12.7 Å². The molecule has 1 rings (SSSR count). The van der Waals surface area contributed by atoms with Gasteiger partial charge in [-0.3, -0.25) is 4.79 Å². The fourth-order valence-electron chi connectivity index (χ4n) is 1.39. The minimum atomic E-state index is 0.217. The predicted molar refractivity (Wildman–Crippen MR) is 61.6 cm³/mol. The zero-order valence-corrected chi connectivity index (χ0v) is 9.31. The lowest BCUT2D eigenvalue weighted by atomic mass is 10.4. The van der Waals surface area contributed by atoms with Crippen molar-refractivity contribution >= 4 is 17.7 Å². The standard InChI is InChI=1S/C10H18N2OS/c1-2-4-11-9-10(13)12-5-3-7-14-8-6-12/h2,11H,1,3-9H2. The van der Waals surface area contributed by atoms with Gasteiger partial charge in [0.15, 0.2) is 0 Å². The van der Waals surface area contributed by atoms with Gasteiger partial charge in [-0.25, -0.2) is 0 Å². The summed E-state index contributed by atoms with van der Waals surface area (Å²) in [5, 5.41) is 3.04. The van der Waals surface area contributed by atoms with Crippen LogP contribution in [0.3, 0.4) is 0 Å². The van der Waals surface area contributed by atoms with Gasteiger partial charge in [-0.05, 0) is 12.2 Å². The van der Waals surface area contributed by atoms with E-state index < -0.39 is 0 Å². The number of hydrogen-bond donors (Lipinski definition) is 1. The maximum absolute atomic E-state index is 11.6. The molecule has 0 radical (unpaired) electrons. The Bertz CT molecular complexity index is 189.